The minimum absolute atomic E-state index is 0.0476. The Morgan fingerprint density at radius 3 is 2.00 bits per heavy atom. The van der Waals surface area contributed by atoms with Gasteiger partial charge >= 0.3 is 0 Å². The molecule has 4 heteroatoms. The van der Waals surface area contributed by atoms with Gasteiger partial charge < -0.3 is 15.3 Å². The number of aliphatic hydroxyl groups is 3. The lowest BCUT2D eigenvalue weighted by Gasteiger charge is -2.16. The molecule has 0 heterocycles. The average Bonchev–Trinajstić information content (AvgIpc) is 1.98. The molecule has 0 atom stereocenters. The van der Waals surface area contributed by atoms with Gasteiger partial charge in [0, 0.05) is 19.7 Å². The summed E-state index contributed by atoms with van der Waals surface area (Å²) in [5.41, 5.74) is 0. The van der Waals surface area contributed by atoms with Crippen molar-refractivity contribution in [3.05, 3.63) is 0 Å². The van der Waals surface area contributed by atoms with Crippen LogP contribution in [0.3, 0.4) is 0 Å². The van der Waals surface area contributed by atoms with Crippen molar-refractivity contribution >= 4 is 0 Å². The number of aliphatic hydroxyl groups excluding tert-OH is 3. The maximum absolute atomic E-state index is 8.62. The number of hydrogen-bond donors (Lipinski definition) is 3. The van der Waals surface area contributed by atoms with E-state index in [4.69, 9.17) is 15.3 Å². The van der Waals surface area contributed by atoms with Crippen LogP contribution in [-0.2, 0) is 0 Å². The Kier molecular flexibility index (Phi) is 6.84. The highest BCUT2D eigenvalue weighted by molar-refractivity contribution is 4.50. The Morgan fingerprint density at radius 1 is 0.900 bits per heavy atom. The standard InChI is InChI=1S/C6H15NO3/c8-4-1-2-7(6-10)3-5-9/h8-10H,1-6H2. The second-order valence-electron chi connectivity index (χ2n) is 2.06. The van der Waals surface area contributed by atoms with Crippen LogP contribution in [0.25, 0.3) is 0 Å². The van der Waals surface area contributed by atoms with Gasteiger partial charge in [0.05, 0.1) is 13.3 Å². The predicted molar refractivity (Wildman–Crippen MR) is 37.4 cm³/mol. The van der Waals surface area contributed by atoms with Crippen LogP contribution < -0.4 is 0 Å². The molecule has 0 unspecified atom stereocenters. The van der Waals surface area contributed by atoms with E-state index in [2.05, 4.69) is 0 Å². The zero-order valence-corrected chi connectivity index (χ0v) is 6.03. The van der Waals surface area contributed by atoms with Gasteiger partial charge in [0.1, 0.15) is 0 Å². The van der Waals surface area contributed by atoms with Gasteiger partial charge in [-0.3, -0.25) is 4.90 Å². The van der Waals surface area contributed by atoms with Crippen molar-refractivity contribution in [1.82, 2.24) is 4.90 Å². The van der Waals surface area contributed by atoms with Crippen molar-refractivity contribution in [2.24, 2.45) is 0 Å². The van der Waals surface area contributed by atoms with Crippen LogP contribution in [0.5, 0.6) is 0 Å². The first kappa shape index (κ1) is 9.84. The summed E-state index contributed by atoms with van der Waals surface area (Å²) in [6.45, 7) is 1.22. The molecule has 0 aromatic heterocycles. The Hall–Kier alpha value is -0.160. The van der Waals surface area contributed by atoms with Crippen LogP contribution in [0, 0.1) is 0 Å². The minimum Gasteiger partial charge on any atom is -0.396 e. The molecule has 3 N–H and O–H groups in total. The van der Waals surface area contributed by atoms with Gasteiger partial charge in [-0.1, -0.05) is 0 Å². The highest BCUT2D eigenvalue weighted by Crippen LogP contribution is 1.87. The molecule has 0 spiro atoms. The minimum atomic E-state index is -0.0550. The van der Waals surface area contributed by atoms with E-state index in [0.717, 1.165) is 0 Å². The summed E-state index contributed by atoms with van der Waals surface area (Å²) in [5.74, 6) is 0. The molecule has 62 valence electrons. The summed E-state index contributed by atoms with van der Waals surface area (Å²) < 4.78 is 0. The summed E-state index contributed by atoms with van der Waals surface area (Å²) in [4.78, 5) is 1.66. The molecular weight excluding hydrogens is 134 g/mol. The van der Waals surface area contributed by atoms with Gasteiger partial charge in [0.25, 0.3) is 0 Å². The number of nitrogens with zero attached hydrogens (tertiary/aromatic N) is 1. The molecule has 0 bridgehead atoms. The number of rotatable bonds is 6. The van der Waals surface area contributed by atoms with E-state index in [-0.39, 0.29) is 19.9 Å². The molecule has 0 amide bonds. The SMILES string of the molecule is OCCCN(CO)CCO. The predicted octanol–water partition coefficient (Wildman–Crippen LogP) is -1.39. The number of hydrogen-bond acceptors (Lipinski definition) is 4. The van der Waals surface area contributed by atoms with E-state index >= 15 is 0 Å². The van der Waals surface area contributed by atoms with Crippen molar-refractivity contribution in [3.8, 4) is 0 Å². The lowest BCUT2D eigenvalue weighted by atomic mass is 10.4. The summed E-state index contributed by atoms with van der Waals surface area (Å²) >= 11 is 0. The van der Waals surface area contributed by atoms with Crippen molar-refractivity contribution < 1.29 is 15.3 Å². The van der Waals surface area contributed by atoms with Crippen LogP contribution in [0.4, 0.5) is 0 Å². The third kappa shape index (κ3) is 4.69. The topological polar surface area (TPSA) is 63.9 Å². The molecule has 0 fully saturated rings. The van der Waals surface area contributed by atoms with Crippen LogP contribution >= 0.6 is 0 Å². The zero-order chi connectivity index (χ0) is 7.82. The van der Waals surface area contributed by atoms with Gasteiger partial charge in [0.15, 0.2) is 0 Å². The molecule has 0 aliphatic rings. The molecule has 0 aliphatic heterocycles. The third-order valence-electron chi connectivity index (χ3n) is 1.25. The van der Waals surface area contributed by atoms with E-state index in [0.29, 0.717) is 19.5 Å². The van der Waals surface area contributed by atoms with E-state index in [1.807, 2.05) is 0 Å². The summed E-state index contributed by atoms with van der Waals surface area (Å²) in [5, 5.41) is 25.5. The normalized spacial score (nSPS) is 10.8. The Balaban J connectivity index is 3.21. The van der Waals surface area contributed by atoms with Crippen molar-refractivity contribution in [1.29, 1.82) is 0 Å². The summed E-state index contributed by atoms with van der Waals surface area (Å²) in [7, 11) is 0. The van der Waals surface area contributed by atoms with E-state index in [1.54, 1.807) is 4.90 Å². The third-order valence-corrected chi connectivity index (χ3v) is 1.25. The van der Waals surface area contributed by atoms with Crippen molar-refractivity contribution in [2.45, 2.75) is 6.42 Å². The first-order valence-electron chi connectivity index (χ1n) is 3.40. The molecule has 0 rings (SSSR count). The monoisotopic (exact) mass is 149 g/mol. The van der Waals surface area contributed by atoms with Gasteiger partial charge in [0.2, 0.25) is 0 Å². The van der Waals surface area contributed by atoms with E-state index in [9.17, 15) is 0 Å². The average molecular weight is 149 g/mol. The fourth-order valence-corrected chi connectivity index (χ4v) is 0.689. The second-order valence-corrected chi connectivity index (χ2v) is 2.06. The molecule has 0 saturated heterocycles. The Morgan fingerprint density at radius 2 is 1.60 bits per heavy atom. The van der Waals surface area contributed by atoms with Crippen LogP contribution in [-0.4, -0.2) is 53.3 Å². The molecule has 0 aromatic carbocycles. The maximum atomic E-state index is 8.62. The molecule has 10 heavy (non-hydrogen) atoms. The summed E-state index contributed by atoms with van der Waals surface area (Å²) in [6, 6.07) is 0. The maximum Gasteiger partial charge on any atom is 0.0957 e. The molecule has 0 aromatic rings. The fourth-order valence-electron chi connectivity index (χ4n) is 0.689. The lowest BCUT2D eigenvalue weighted by molar-refractivity contribution is 0.0817. The molecule has 0 saturated carbocycles. The van der Waals surface area contributed by atoms with E-state index in [1.165, 1.54) is 0 Å². The zero-order valence-electron chi connectivity index (χ0n) is 6.03. The smallest absolute Gasteiger partial charge is 0.0957 e. The molecule has 4 nitrogen and oxygen atoms in total. The molecular formula is C6H15NO3. The van der Waals surface area contributed by atoms with Crippen LogP contribution in [0.1, 0.15) is 6.42 Å². The van der Waals surface area contributed by atoms with Gasteiger partial charge in [-0.15, -0.1) is 0 Å². The Labute approximate surface area is 60.7 Å². The fraction of sp³-hybridized carbons (Fsp3) is 1.00. The quantitative estimate of drug-likeness (QED) is 0.407. The highest BCUT2D eigenvalue weighted by atomic mass is 16.3. The van der Waals surface area contributed by atoms with Crippen LogP contribution in [0.15, 0.2) is 0 Å². The van der Waals surface area contributed by atoms with Crippen molar-refractivity contribution in [3.63, 3.8) is 0 Å². The highest BCUT2D eigenvalue weighted by Gasteiger charge is 1.99. The van der Waals surface area contributed by atoms with Gasteiger partial charge in [-0.05, 0) is 6.42 Å². The summed E-state index contributed by atoms with van der Waals surface area (Å²) in [6.07, 6.45) is 0.639. The second kappa shape index (κ2) is 6.95. The first-order chi connectivity index (χ1) is 4.85. The van der Waals surface area contributed by atoms with Crippen molar-refractivity contribution in [2.75, 3.05) is 33.0 Å². The van der Waals surface area contributed by atoms with E-state index < -0.39 is 0 Å². The Bertz CT molecular complexity index is 70.0. The lowest BCUT2D eigenvalue weighted by Crippen LogP contribution is -2.29. The van der Waals surface area contributed by atoms with Crippen LogP contribution in [0.2, 0.25) is 0 Å². The van der Waals surface area contributed by atoms with Gasteiger partial charge in [-0.25, -0.2) is 0 Å². The first-order valence-corrected chi connectivity index (χ1v) is 3.40. The molecule has 0 aliphatic carbocycles. The van der Waals surface area contributed by atoms with Gasteiger partial charge in [-0.2, -0.15) is 0 Å². The molecule has 0 radical (unpaired) electrons. The largest absolute Gasteiger partial charge is 0.396 e.